The molecule has 0 aliphatic heterocycles. The molecule has 0 aromatic heterocycles. The van der Waals surface area contributed by atoms with E-state index in [-0.39, 0.29) is 13.2 Å². The van der Waals surface area contributed by atoms with Crippen LogP contribution in [0.1, 0.15) is 32.6 Å². The van der Waals surface area contributed by atoms with Crippen LogP contribution in [0.25, 0.3) is 0 Å². The van der Waals surface area contributed by atoms with E-state index in [0.29, 0.717) is 12.8 Å². The van der Waals surface area contributed by atoms with Crippen LogP contribution in [0.3, 0.4) is 0 Å². The van der Waals surface area contributed by atoms with Crippen molar-refractivity contribution in [1.29, 1.82) is 0 Å². The van der Waals surface area contributed by atoms with Crippen molar-refractivity contribution >= 4 is 17.9 Å². The van der Waals surface area contributed by atoms with Gasteiger partial charge in [0.05, 0.1) is 11.3 Å². The highest BCUT2D eigenvalue weighted by Crippen LogP contribution is 2.42. The van der Waals surface area contributed by atoms with Gasteiger partial charge in [-0.05, 0) is 19.8 Å². The molecule has 20 heavy (non-hydrogen) atoms. The van der Waals surface area contributed by atoms with Crippen molar-refractivity contribution in [3.8, 4) is 0 Å². The van der Waals surface area contributed by atoms with E-state index in [1.807, 2.05) is 0 Å². The monoisotopic (exact) mass is 284 g/mol. The van der Waals surface area contributed by atoms with E-state index < -0.39 is 29.2 Å². The maximum Gasteiger partial charge on any atom is 0.330 e. The molecule has 0 saturated heterocycles. The fraction of sp³-hybridized carbons (Fsp3) is 0.643. The summed E-state index contributed by atoms with van der Waals surface area (Å²) in [6.07, 6.45) is 3.60. The Morgan fingerprint density at radius 1 is 1.30 bits per heavy atom. The fourth-order valence-corrected chi connectivity index (χ4v) is 2.47. The van der Waals surface area contributed by atoms with Crippen molar-refractivity contribution in [2.24, 2.45) is 11.3 Å². The Labute approximate surface area is 117 Å². The summed E-state index contributed by atoms with van der Waals surface area (Å²) in [5, 5.41) is 9.21. The predicted octanol–water partition coefficient (Wildman–Crippen LogP) is 1.54. The SMILES string of the molecule is C=CC(=O)OCCOC(=O)C1(C)CCCCC1C(=O)O. The van der Waals surface area contributed by atoms with Gasteiger partial charge in [-0.25, -0.2) is 4.79 Å². The number of aliphatic carboxylic acids is 1. The molecule has 1 fully saturated rings. The molecule has 1 N–H and O–H groups in total. The van der Waals surface area contributed by atoms with Gasteiger partial charge in [-0.3, -0.25) is 9.59 Å². The average Bonchev–Trinajstić information content (AvgIpc) is 2.43. The number of carbonyl (C=O) groups is 3. The molecule has 1 aliphatic rings. The van der Waals surface area contributed by atoms with Crippen molar-refractivity contribution in [2.75, 3.05) is 13.2 Å². The van der Waals surface area contributed by atoms with Crippen molar-refractivity contribution in [1.82, 2.24) is 0 Å². The molecule has 0 bridgehead atoms. The minimum Gasteiger partial charge on any atom is -0.481 e. The third kappa shape index (κ3) is 3.82. The van der Waals surface area contributed by atoms with Crippen LogP contribution >= 0.6 is 0 Å². The first-order valence-electron chi connectivity index (χ1n) is 6.61. The molecule has 0 heterocycles. The summed E-state index contributed by atoms with van der Waals surface area (Å²) < 4.78 is 9.73. The molecule has 2 unspecified atom stereocenters. The molecule has 1 aliphatic carbocycles. The Morgan fingerprint density at radius 3 is 2.55 bits per heavy atom. The molecule has 6 heteroatoms. The average molecular weight is 284 g/mol. The number of carboxylic acid groups (broad SMARTS) is 1. The second-order valence-electron chi connectivity index (χ2n) is 5.06. The number of hydrogen-bond acceptors (Lipinski definition) is 5. The van der Waals surface area contributed by atoms with Crippen molar-refractivity contribution in [3.63, 3.8) is 0 Å². The van der Waals surface area contributed by atoms with Gasteiger partial charge in [0.15, 0.2) is 0 Å². The quantitative estimate of drug-likeness (QED) is 0.452. The van der Waals surface area contributed by atoms with Gasteiger partial charge in [-0.15, -0.1) is 0 Å². The van der Waals surface area contributed by atoms with Gasteiger partial charge in [0, 0.05) is 6.08 Å². The van der Waals surface area contributed by atoms with Crippen LogP contribution < -0.4 is 0 Å². The zero-order valence-corrected chi connectivity index (χ0v) is 11.6. The molecule has 0 aromatic carbocycles. The predicted molar refractivity (Wildman–Crippen MR) is 69.8 cm³/mol. The number of rotatable bonds is 6. The van der Waals surface area contributed by atoms with Crippen LogP contribution in [-0.2, 0) is 23.9 Å². The Balaban J connectivity index is 2.53. The third-order valence-electron chi connectivity index (χ3n) is 3.70. The number of carboxylic acids is 1. The van der Waals surface area contributed by atoms with Gasteiger partial charge in [-0.2, -0.15) is 0 Å². The topological polar surface area (TPSA) is 89.9 Å². The van der Waals surface area contributed by atoms with E-state index >= 15 is 0 Å². The molecule has 1 saturated carbocycles. The standard InChI is InChI=1S/C14H20O6/c1-3-11(15)19-8-9-20-13(18)14(2)7-5-4-6-10(14)12(16)17/h3,10H,1,4-9H2,2H3,(H,16,17). The lowest BCUT2D eigenvalue weighted by Gasteiger charge is -2.36. The van der Waals surface area contributed by atoms with Gasteiger partial charge in [0.1, 0.15) is 13.2 Å². The summed E-state index contributed by atoms with van der Waals surface area (Å²) in [5.41, 5.74) is -1.01. The van der Waals surface area contributed by atoms with Crippen LogP contribution in [0.4, 0.5) is 0 Å². The summed E-state index contributed by atoms with van der Waals surface area (Å²) in [5.74, 6) is -2.82. The van der Waals surface area contributed by atoms with E-state index in [4.69, 9.17) is 4.74 Å². The van der Waals surface area contributed by atoms with Crippen LogP contribution in [0.2, 0.25) is 0 Å². The number of esters is 2. The fourth-order valence-electron chi connectivity index (χ4n) is 2.47. The van der Waals surface area contributed by atoms with E-state index in [0.717, 1.165) is 18.9 Å². The summed E-state index contributed by atoms with van der Waals surface area (Å²) >= 11 is 0. The summed E-state index contributed by atoms with van der Waals surface area (Å²) in [7, 11) is 0. The highest BCUT2D eigenvalue weighted by Gasteiger charge is 2.47. The minimum absolute atomic E-state index is 0.0651. The zero-order chi connectivity index (χ0) is 15.2. The van der Waals surface area contributed by atoms with Crippen molar-refractivity contribution in [2.45, 2.75) is 32.6 Å². The number of carbonyl (C=O) groups excluding carboxylic acids is 2. The summed E-state index contributed by atoms with van der Waals surface area (Å²) in [4.78, 5) is 34.2. The molecular formula is C14H20O6. The molecule has 0 radical (unpaired) electrons. The Morgan fingerprint density at radius 2 is 1.95 bits per heavy atom. The summed E-state index contributed by atoms with van der Waals surface area (Å²) in [6.45, 7) is 4.72. The second kappa shape index (κ2) is 7.07. The van der Waals surface area contributed by atoms with Gasteiger partial charge < -0.3 is 14.6 Å². The smallest absolute Gasteiger partial charge is 0.330 e. The Bertz CT molecular complexity index is 402. The van der Waals surface area contributed by atoms with Gasteiger partial charge in [-0.1, -0.05) is 19.4 Å². The lowest BCUT2D eigenvalue weighted by molar-refractivity contribution is -0.170. The first-order valence-corrected chi connectivity index (χ1v) is 6.61. The van der Waals surface area contributed by atoms with Gasteiger partial charge in [0.2, 0.25) is 0 Å². The normalized spacial score (nSPS) is 25.6. The molecule has 112 valence electrons. The molecule has 0 spiro atoms. The highest BCUT2D eigenvalue weighted by atomic mass is 16.6. The van der Waals surface area contributed by atoms with E-state index in [9.17, 15) is 19.5 Å². The Hall–Kier alpha value is -1.85. The van der Waals surface area contributed by atoms with Crippen molar-refractivity contribution in [3.05, 3.63) is 12.7 Å². The van der Waals surface area contributed by atoms with Crippen LogP contribution in [0, 0.1) is 11.3 Å². The molecule has 0 aromatic rings. The third-order valence-corrected chi connectivity index (χ3v) is 3.70. The van der Waals surface area contributed by atoms with E-state index in [2.05, 4.69) is 11.3 Å². The first kappa shape index (κ1) is 16.2. The lowest BCUT2D eigenvalue weighted by Crippen LogP contribution is -2.43. The Kier molecular flexibility index (Phi) is 5.73. The maximum atomic E-state index is 12.1. The minimum atomic E-state index is -1.01. The zero-order valence-electron chi connectivity index (χ0n) is 11.6. The number of ether oxygens (including phenoxy) is 2. The largest absolute Gasteiger partial charge is 0.481 e. The van der Waals surface area contributed by atoms with Crippen LogP contribution in [0.15, 0.2) is 12.7 Å². The van der Waals surface area contributed by atoms with Crippen molar-refractivity contribution < 1.29 is 29.0 Å². The van der Waals surface area contributed by atoms with Crippen LogP contribution in [0.5, 0.6) is 0 Å². The molecular weight excluding hydrogens is 264 g/mol. The maximum absolute atomic E-state index is 12.1. The molecule has 0 amide bonds. The first-order chi connectivity index (χ1) is 9.41. The van der Waals surface area contributed by atoms with Gasteiger partial charge >= 0.3 is 17.9 Å². The highest BCUT2D eigenvalue weighted by molar-refractivity contribution is 5.84. The lowest BCUT2D eigenvalue weighted by atomic mass is 9.67. The van der Waals surface area contributed by atoms with Crippen LogP contribution in [-0.4, -0.2) is 36.2 Å². The molecule has 1 rings (SSSR count). The number of hydrogen-bond donors (Lipinski definition) is 1. The van der Waals surface area contributed by atoms with E-state index in [1.165, 1.54) is 0 Å². The molecule has 2 atom stereocenters. The second-order valence-corrected chi connectivity index (χ2v) is 5.06. The molecule has 6 nitrogen and oxygen atoms in total. The van der Waals surface area contributed by atoms with Gasteiger partial charge in [0.25, 0.3) is 0 Å². The summed E-state index contributed by atoms with van der Waals surface area (Å²) in [6, 6.07) is 0. The van der Waals surface area contributed by atoms with E-state index in [1.54, 1.807) is 6.92 Å².